The molecule has 118 valence electrons. The summed E-state index contributed by atoms with van der Waals surface area (Å²) < 4.78 is 8.00. The molecule has 0 saturated carbocycles. The highest BCUT2D eigenvalue weighted by Gasteiger charge is 2.12. The molecule has 1 aromatic heterocycles. The van der Waals surface area contributed by atoms with E-state index in [1.54, 1.807) is 0 Å². The maximum Gasteiger partial charge on any atom is 0.130 e. The van der Waals surface area contributed by atoms with Crippen LogP contribution in [-0.4, -0.2) is 40.9 Å². The van der Waals surface area contributed by atoms with E-state index in [1.165, 1.54) is 25.9 Å². The monoisotopic (exact) mass is 307 g/mol. The fourth-order valence-corrected chi connectivity index (χ4v) is 3.22. The second kappa shape index (κ2) is 6.42. The minimum absolute atomic E-state index is 0.732. The molecule has 1 saturated heterocycles. The Morgan fingerprint density at radius 1 is 0.957 bits per heavy atom. The highest BCUT2D eigenvalue weighted by Crippen LogP contribution is 2.27. The Hall–Kier alpha value is -2.33. The van der Waals surface area contributed by atoms with Crippen molar-refractivity contribution in [1.82, 2.24) is 14.7 Å². The van der Waals surface area contributed by atoms with Crippen LogP contribution in [0.5, 0.6) is 5.75 Å². The minimum atomic E-state index is 0.732. The van der Waals surface area contributed by atoms with Gasteiger partial charge in [0.15, 0.2) is 0 Å². The zero-order valence-corrected chi connectivity index (χ0v) is 13.2. The number of hydrogen-bond acceptors (Lipinski definition) is 3. The van der Waals surface area contributed by atoms with Crippen molar-refractivity contribution in [2.45, 2.75) is 12.8 Å². The van der Waals surface area contributed by atoms with E-state index in [0.717, 1.165) is 35.5 Å². The lowest BCUT2D eigenvalue weighted by Gasteiger charge is -2.15. The standard InChI is InChI=1S/C19H21N3O/c1-2-7-16(8-3-1)22-18-9-6-10-19(17(18)15-20-22)23-14-13-21-11-4-5-12-21/h1-3,6-10,15H,4-5,11-14H2. The number of benzene rings is 2. The molecule has 0 spiro atoms. The minimum Gasteiger partial charge on any atom is -0.491 e. The molecule has 3 aromatic rings. The molecule has 4 heteroatoms. The molecule has 4 rings (SSSR count). The van der Waals surface area contributed by atoms with Crippen LogP contribution < -0.4 is 4.74 Å². The maximum atomic E-state index is 6.04. The van der Waals surface area contributed by atoms with E-state index in [9.17, 15) is 0 Å². The first-order chi connectivity index (χ1) is 11.4. The highest BCUT2D eigenvalue weighted by atomic mass is 16.5. The Labute approximate surface area is 136 Å². The number of likely N-dealkylation sites (tertiary alicyclic amines) is 1. The van der Waals surface area contributed by atoms with Crippen molar-refractivity contribution in [3.05, 3.63) is 54.7 Å². The number of aromatic nitrogens is 2. The third kappa shape index (κ3) is 2.94. The summed E-state index contributed by atoms with van der Waals surface area (Å²) in [5.74, 6) is 0.920. The summed E-state index contributed by atoms with van der Waals surface area (Å²) in [5.41, 5.74) is 2.14. The van der Waals surface area contributed by atoms with Gasteiger partial charge in [-0.1, -0.05) is 24.3 Å². The van der Waals surface area contributed by atoms with Crippen molar-refractivity contribution in [2.75, 3.05) is 26.2 Å². The first-order valence-electron chi connectivity index (χ1n) is 8.29. The second-order valence-corrected chi connectivity index (χ2v) is 5.98. The van der Waals surface area contributed by atoms with Crippen LogP contribution in [0.2, 0.25) is 0 Å². The molecule has 0 unspecified atom stereocenters. The molecule has 0 aliphatic carbocycles. The highest BCUT2D eigenvalue weighted by molar-refractivity contribution is 5.86. The van der Waals surface area contributed by atoms with Gasteiger partial charge in [-0.25, -0.2) is 4.68 Å². The van der Waals surface area contributed by atoms with E-state index < -0.39 is 0 Å². The smallest absolute Gasteiger partial charge is 0.130 e. The zero-order valence-electron chi connectivity index (χ0n) is 13.2. The van der Waals surface area contributed by atoms with Crippen molar-refractivity contribution in [1.29, 1.82) is 0 Å². The summed E-state index contributed by atoms with van der Waals surface area (Å²) >= 11 is 0. The number of rotatable bonds is 5. The van der Waals surface area contributed by atoms with E-state index >= 15 is 0 Å². The van der Waals surface area contributed by atoms with Crippen molar-refractivity contribution in [2.24, 2.45) is 0 Å². The number of fused-ring (bicyclic) bond motifs is 1. The quantitative estimate of drug-likeness (QED) is 0.723. The summed E-state index contributed by atoms with van der Waals surface area (Å²) in [6.07, 6.45) is 4.53. The Kier molecular flexibility index (Phi) is 3.99. The lowest BCUT2D eigenvalue weighted by atomic mass is 10.2. The van der Waals surface area contributed by atoms with Crippen molar-refractivity contribution < 1.29 is 4.74 Å². The Bertz CT molecular complexity index is 776. The first kappa shape index (κ1) is 14.3. The molecule has 0 radical (unpaired) electrons. The van der Waals surface area contributed by atoms with Crippen molar-refractivity contribution >= 4 is 10.9 Å². The Balaban J connectivity index is 1.55. The molecule has 4 nitrogen and oxygen atoms in total. The van der Waals surface area contributed by atoms with E-state index in [0.29, 0.717) is 0 Å². The van der Waals surface area contributed by atoms with Crippen LogP contribution in [-0.2, 0) is 0 Å². The molecule has 0 amide bonds. The Morgan fingerprint density at radius 3 is 2.61 bits per heavy atom. The zero-order chi connectivity index (χ0) is 15.5. The van der Waals surface area contributed by atoms with Crippen molar-refractivity contribution in [3.63, 3.8) is 0 Å². The average Bonchev–Trinajstić information content (AvgIpc) is 3.25. The molecule has 2 aromatic carbocycles. The molecule has 1 fully saturated rings. The van der Waals surface area contributed by atoms with Gasteiger partial charge in [0.2, 0.25) is 0 Å². The number of nitrogens with zero attached hydrogens (tertiary/aromatic N) is 3. The number of hydrogen-bond donors (Lipinski definition) is 0. The molecule has 2 heterocycles. The summed E-state index contributed by atoms with van der Waals surface area (Å²) in [6.45, 7) is 4.15. The van der Waals surface area contributed by atoms with E-state index in [2.05, 4.69) is 28.2 Å². The van der Waals surface area contributed by atoms with Crippen LogP contribution >= 0.6 is 0 Å². The van der Waals surface area contributed by atoms with Crippen molar-refractivity contribution in [3.8, 4) is 11.4 Å². The van der Waals surface area contributed by atoms with Gasteiger partial charge >= 0.3 is 0 Å². The summed E-state index contributed by atoms with van der Waals surface area (Å²) in [7, 11) is 0. The van der Waals surface area contributed by atoms with Gasteiger partial charge in [-0.05, 0) is 50.2 Å². The molecule has 0 atom stereocenters. The molecule has 23 heavy (non-hydrogen) atoms. The van der Waals surface area contributed by atoms with Crippen LogP contribution in [0, 0.1) is 0 Å². The molecule has 0 bridgehead atoms. The number of ether oxygens (including phenoxy) is 1. The first-order valence-corrected chi connectivity index (χ1v) is 8.29. The van der Waals surface area contributed by atoms with Crippen LogP contribution in [0.25, 0.3) is 16.6 Å². The topological polar surface area (TPSA) is 30.3 Å². The van der Waals surface area contributed by atoms with Gasteiger partial charge in [-0.15, -0.1) is 0 Å². The summed E-state index contributed by atoms with van der Waals surface area (Å²) in [6, 6.07) is 16.3. The molecular formula is C19H21N3O. The molecule has 1 aliphatic rings. The van der Waals surface area contributed by atoms with Crippen LogP contribution in [0.15, 0.2) is 54.7 Å². The van der Waals surface area contributed by atoms with E-state index in [-0.39, 0.29) is 0 Å². The van der Waals surface area contributed by atoms with Gasteiger partial charge < -0.3 is 4.74 Å². The molecular weight excluding hydrogens is 286 g/mol. The summed E-state index contributed by atoms with van der Waals surface area (Å²) in [4.78, 5) is 2.47. The van der Waals surface area contributed by atoms with Gasteiger partial charge in [0.05, 0.1) is 22.8 Å². The summed E-state index contributed by atoms with van der Waals surface area (Å²) in [5, 5.41) is 5.61. The predicted molar refractivity (Wildman–Crippen MR) is 92.2 cm³/mol. The van der Waals surface area contributed by atoms with Gasteiger partial charge in [0.25, 0.3) is 0 Å². The maximum absolute atomic E-state index is 6.04. The SMILES string of the molecule is c1ccc(-n2ncc3c(OCCN4CCCC4)cccc32)cc1. The van der Waals surface area contributed by atoms with Crippen LogP contribution in [0.1, 0.15) is 12.8 Å². The Morgan fingerprint density at radius 2 is 1.78 bits per heavy atom. The largest absolute Gasteiger partial charge is 0.491 e. The fourth-order valence-electron chi connectivity index (χ4n) is 3.22. The normalized spacial score (nSPS) is 15.3. The van der Waals surface area contributed by atoms with Gasteiger partial charge in [0, 0.05) is 6.54 Å². The van der Waals surface area contributed by atoms with Crippen LogP contribution in [0.3, 0.4) is 0 Å². The fraction of sp³-hybridized carbons (Fsp3) is 0.316. The molecule has 0 N–H and O–H groups in total. The van der Waals surface area contributed by atoms with Gasteiger partial charge in [-0.3, -0.25) is 4.90 Å². The average molecular weight is 307 g/mol. The predicted octanol–water partition coefficient (Wildman–Crippen LogP) is 3.50. The second-order valence-electron chi connectivity index (χ2n) is 5.98. The third-order valence-corrected chi connectivity index (χ3v) is 4.44. The third-order valence-electron chi connectivity index (χ3n) is 4.44. The lowest BCUT2D eigenvalue weighted by molar-refractivity contribution is 0.239. The molecule has 1 aliphatic heterocycles. The van der Waals surface area contributed by atoms with E-state index in [1.807, 2.05) is 41.2 Å². The number of para-hydroxylation sites is 1. The van der Waals surface area contributed by atoms with Gasteiger partial charge in [-0.2, -0.15) is 5.10 Å². The van der Waals surface area contributed by atoms with Crippen LogP contribution in [0.4, 0.5) is 0 Å². The van der Waals surface area contributed by atoms with Gasteiger partial charge in [0.1, 0.15) is 12.4 Å². The van der Waals surface area contributed by atoms with E-state index in [4.69, 9.17) is 4.74 Å². The lowest BCUT2D eigenvalue weighted by Crippen LogP contribution is -2.25.